The summed E-state index contributed by atoms with van der Waals surface area (Å²) in [6, 6.07) is 11.8. The normalized spacial score (nSPS) is 10.5. The highest BCUT2D eigenvalue weighted by atomic mass is 16.5. The van der Waals surface area contributed by atoms with E-state index in [1.54, 1.807) is 68.4 Å². The van der Waals surface area contributed by atoms with Gasteiger partial charge in [0.25, 0.3) is 5.91 Å². The number of aryl methyl sites for hydroxylation is 1. The molecule has 0 spiro atoms. The van der Waals surface area contributed by atoms with Gasteiger partial charge in [-0.1, -0.05) is 6.07 Å². The van der Waals surface area contributed by atoms with Gasteiger partial charge >= 0.3 is 5.63 Å². The Balaban J connectivity index is 1.97. The van der Waals surface area contributed by atoms with Crippen LogP contribution in [0.15, 0.2) is 64.1 Å². The molecule has 3 rings (SSSR count). The summed E-state index contributed by atoms with van der Waals surface area (Å²) in [6.07, 6.45) is 0. The summed E-state index contributed by atoms with van der Waals surface area (Å²) in [6.45, 7) is 5.50. The van der Waals surface area contributed by atoms with Gasteiger partial charge in [-0.2, -0.15) is 0 Å². The molecule has 144 valence electrons. The fourth-order valence-electron chi connectivity index (χ4n) is 2.70. The van der Waals surface area contributed by atoms with Crippen molar-refractivity contribution in [2.24, 2.45) is 0 Å². The minimum Gasteiger partial charge on any atom is -0.442 e. The molecule has 2 aromatic carbocycles. The first kappa shape index (κ1) is 19.0. The van der Waals surface area contributed by atoms with Crippen molar-refractivity contribution < 1.29 is 13.9 Å². The molecule has 3 aromatic rings. The minimum absolute atomic E-state index is 0.0544. The summed E-state index contributed by atoms with van der Waals surface area (Å²) in [7, 11) is 3.61. The number of carbonyl (C=O) groups is 1. The molecular formula is C21H21N3O4. The Bertz CT molecular complexity index is 1130. The lowest BCUT2D eigenvalue weighted by atomic mass is 10.1. The van der Waals surface area contributed by atoms with E-state index in [9.17, 15) is 9.59 Å². The fraction of sp³-hybridized carbons (Fsp3) is 0.143. The predicted octanol–water partition coefficient (Wildman–Crippen LogP) is 3.35. The highest BCUT2D eigenvalue weighted by Crippen LogP contribution is 2.26. The molecule has 0 fully saturated rings. The molecule has 1 aromatic heterocycles. The summed E-state index contributed by atoms with van der Waals surface area (Å²) in [5.74, 6) is 0.363. The van der Waals surface area contributed by atoms with Crippen LogP contribution in [0, 0.1) is 6.92 Å². The van der Waals surface area contributed by atoms with Crippen molar-refractivity contribution in [1.29, 1.82) is 0 Å². The van der Waals surface area contributed by atoms with Crippen molar-refractivity contribution in [3.63, 3.8) is 0 Å². The maximum absolute atomic E-state index is 12.6. The van der Waals surface area contributed by atoms with Gasteiger partial charge in [-0.3, -0.25) is 4.79 Å². The van der Waals surface area contributed by atoms with Crippen LogP contribution in [0.3, 0.4) is 0 Å². The van der Waals surface area contributed by atoms with Crippen LogP contribution >= 0.6 is 0 Å². The number of nitrogen functional groups attached to an aromatic ring is 1. The Morgan fingerprint density at radius 2 is 1.96 bits per heavy atom. The molecule has 1 heterocycles. The largest absolute Gasteiger partial charge is 0.442 e. The number of hydrogen-bond donors (Lipinski definition) is 2. The topological polar surface area (TPSA) is 97.8 Å². The lowest BCUT2D eigenvalue weighted by Gasteiger charge is -2.16. The Morgan fingerprint density at radius 1 is 1.21 bits per heavy atom. The number of anilines is 2. The number of nitrogens with zero attached hydrogens (tertiary/aromatic N) is 1. The molecule has 0 bridgehead atoms. The van der Waals surface area contributed by atoms with Gasteiger partial charge in [0.05, 0.1) is 0 Å². The van der Waals surface area contributed by atoms with E-state index in [1.807, 2.05) is 0 Å². The summed E-state index contributed by atoms with van der Waals surface area (Å²) < 4.78 is 11.0. The first-order valence-corrected chi connectivity index (χ1v) is 8.54. The van der Waals surface area contributed by atoms with Crippen LogP contribution in [0.4, 0.5) is 11.4 Å². The van der Waals surface area contributed by atoms with E-state index in [0.717, 1.165) is 0 Å². The highest BCUT2D eigenvalue weighted by Gasteiger charge is 2.19. The molecule has 0 aliphatic carbocycles. The van der Waals surface area contributed by atoms with Gasteiger partial charge in [0.1, 0.15) is 16.9 Å². The van der Waals surface area contributed by atoms with Crippen LogP contribution in [-0.2, 0) is 0 Å². The summed E-state index contributed by atoms with van der Waals surface area (Å²) in [5.41, 5.74) is 6.79. The standard InChI is InChI=1S/C21H21N3O4/c1-12-17-9-8-16(27-13(2)24(3)4)11-18(17)28-21(26)19(12)20(25)23-15-7-5-6-14(22)10-15/h5-11H,2,22H2,1,3-4H3,(H,23,25). The predicted molar refractivity (Wildman–Crippen MR) is 109 cm³/mol. The van der Waals surface area contributed by atoms with Gasteiger partial charge in [0.2, 0.25) is 0 Å². The number of amides is 1. The highest BCUT2D eigenvalue weighted by molar-refractivity contribution is 6.07. The Morgan fingerprint density at radius 3 is 2.64 bits per heavy atom. The van der Waals surface area contributed by atoms with Gasteiger partial charge in [-0.05, 0) is 49.4 Å². The van der Waals surface area contributed by atoms with E-state index < -0.39 is 11.5 Å². The third kappa shape index (κ3) is 3.83. The SMILES string of the molecule is C=C(Oc1ccc2c(C)c(C(=O)Nc3cccc(N)c3)c(=O)oc2c1)N(C)C. The molecule has 28 heavy (non-hydrogen) atoms. The Hall–Kier alpha value is -3.74. The second kappa shape index (κ2) is 7.48. The molecular weight excluding hydrogens is 358 g/mol. The van der Waals surface area contributed by atoms with Crippen molar-refractivity contribution in [2.45, 2.75) is 6.92 Å². The maximum Gasteiger partial charge on any atom is 0.349 e. The molecule has 3 N–H and O–H groups in total. The average molecular weight is 379 g/mol. The van der Waals surface area contributed by atoms with Gasteiger partial charge in [0.15, 0.2) is 5.88 Å². The van der Waals surface area contributed by atoms with Crippen molar-refractivity contribution in [3.8, 4) is 5.75 Å². The van der Waals surface area contributed by atoms with E-state index in [2.05, 4.69) is 11.9 Å². The average Bonchev–Trinajstić information content (AvgIpc) is 2.61. The number of hydrogen-bond acceptors (Lipinski definition) is 6. The van der Waals surface area contributed by atoms with Gasteiger partial charge in [-0.25, -0.2) is 4.79 Å². The second-order valence-corrected chi connectivity index (χ2v) is 6.52. The van der Waals surface area contributed by atoms with Crippen LogP contribution in [0.2, 0.25) is 0 Å². The monoisotopic (exact) mass is 379 g/mol. The van der Waals surface area contributed by atoms with Crippen molar-refractivity contribution in [2.75, 3.05) is 25.1 Å². The molecule has 7 nitrogen and oxygen atoms in total. The van der Waals surface area contributed by atoms with E-state index >= 15 is 0 Å². The number of carbonyl (C=O) groups excluding carboxylic acids is 1. The molecule has 0 saturated heterocycles. The summed E-state index contributed by atoms with van der Waals surface area (Å²) in [5, 5.41) is 3.31. The van der Waals surface area contributed by atoms with Crippen LogP contribution in [0.25, 0.3) is 11.0 Å². The lowest BCUT2D eigenvalue weighted by Crippen LogP contribution is -2.22. The number of fused-ring (bicyclic) bond motifs is 1. The van der Waals surface area contributed by atoms with E-state index in [0.29, 0.717) is 39.5 Å². The third-order valence-corrected chi connectivity index (χ3v) is 4.24. The van der Waals surface area contributed by atoms with Crippen LogP contribution < -0.4 is 21.4 Å². The first-order chi connectivity index (χ1) is 13.3. The van der Waals surface area contributed by atoms with Crippen LogP contribution in [0.5, 0.6) is 5.75 Å². The first-order valence-electron chi connectivity index (χ1n) is 8.54. The molecule has 0 aliphatic rings. The van der Waals surface area contributed by atoms with Crippen molar-refractivity contribution in [1.82, 2.24) is 4.90 Å². The molecule has 1 amide bonds. The molecule has 0 aliphatic heterocycles. The number of ether oxygens (including phenoxy) is 1. The molecule has 0 radical (unpaired) electrons. The fourth-order valence-corrected chi connectivity index (χ4v) is 2.70. The van der Waals surface area contributed by atoms with Crippen molar-refractivity contribution in [3.05, 3.63) is 76.5 Å². The van der Waals surface area contributed by atoms with E-state index in [1.165, 1.54) is 0 Å². The second-order valence-electron chi connectivity index (χ2n) is 6.52. The van der Waals surface area contributed by atoms with Gasteiger partial charge < -0.3 is 25.1 Å². The van der Waals surface area contributed by atoms with Crippen LogP contribution in [-0.4, -0.2) is 24.9 Å². The smallest absolute Gasteiger partial charge is 0.349 e. The zero-order chi connectivity index (χ0) is 20.4. The maximum atomic E-state index is 12.6. The molecule has 0 saturated carbocycles. The zero-order valence-corrected chi connectivity index (χ0v) is 15.9. The minimum atomic E-state index is -0.727. The number of rotatable bonds is 5. The van der Waals surface area contributed by atoms with Gasteiger partial charge in [-0.15, -0.1) is 0 Å². The zero-order valence-electron chi connectivity index (χ0n) is 15.9. The molecule has 0 unspecified atom stereocenters. The Labute approximate surface area is 162 Å². The molecule has 0 atom stereocenters. The number of nitrogens with one attached hydrogen (secondary N) is 1. The van der Waals surface area contributed by atoms with Crippen molar-refractivity contribution >= 4 is 28.3 Å². The van der Waals surface area contributed by atoms with E-state index in [-0.39, 0.29) is 5.56 Å². The number of nitrogens with two attached hydrogens (primary N) is 1. The van der Waals surface area contributed by atoms with Gasteiger partial charge in [0, 0.05) is 36.9 Å². The van der Waals surface area contributed by atoms with Crippen LogP contribution in [0.1, 0.15) is 15.9 Å². The number of benzene rings is 2. The Kier molecular flexibility index (Phi) is 5.08. The van der Waals surface area contributed by atoms with E-state index in [4.69, 9.17) is 14.9 Å². The molecule has 7 heteroatoms. The summed E-state index contributed by atoms with van der Waals surface area (Å²) in [4.78, 5) is 26.8. The quantitative estimate of drug-likeness (QED) is 0.401. The third-order valence-electron chi connectivity index (χ3n) is 4.24. The summed E-state index contributed by atoms with van der Waals surface area (Å²) >= 11 is 0. The lowest BCUT2D eigenvalue weighted by molar-refractivity contribution is 0.102.